The Kier molecular flexibility index (Phi) is 10.1. The average Bonchev–Trinajstić information content (AvgIpc) is 1.89. The van der Waals surface area contributed by atoms with E-state index in [1.165, 1.54) is 6.54 Å². The van der Waals surface area contributed by atoms with Crippen molar-refractivity contribution in [2.75, 3.05) is 40.4 Å². The van der Waals surface area contributed by atoms with Gasteiger partial charge >= 0.3 is 0 Å². The van der Waals surface area contributed by atoms with Crippen LogP contribution in [0.2, 0.25) is 0 Å². The first kappa shape index (κ1) is 14.5. The number of ether oxygens (including phenoxy) is 1. The molecule has 0 N–H and O–H groups in total. The van der Waals surface area contributed by atoms with E-state index in [-0.39, 0.29) is 32.7 Å². The third-order valence-electron chi connectivity index (χ3n) is 1.90. The molecule has 0 fully saturated rings. The van der Waals surface area contributed by atoms with Crippen molar-refractivity contribution in [1.82, 2.24) is 0 Å². The Labute approximate surface area is 95.8 Å². The molecule has 0 aromatic rings. The molecule has 0 spiro atoms. The molecular weight excluding hydrogens is 215 g/mol. The summed E-state index contributed by atoms with van der Waals surface area (Å²) in [6.07, 6.45) is 0. The van der Waals surface area contributed by atoms with Gasteiger partial charge in [0.15, 0.2) is 0 Å². The Hall–Kier alpha value is 1.02. The number of rotatable bonds is 5. The van der Waals surface area contributed by atoms with Crippen molar-refractivity contribution in [3.8, 4) is 0 Å². The quantitative estimate of drug-likeness (QED) is 0.512. The summed E-state index contributed by atoms with van der Waals surface area (Å²) in [7, 11) is 4.44. The van der Waals surface area contributed by atoms with Gasteiger partial charge in [-0.3, -0.25) is 0 Å². The Morgan fingerprint density at radius 1 is 1.18 bits per heavy atom. The Morgan fingerprint density at radius 3 is 2.09 bits per heavy atom. The summed E-state index contributed by atoms with van der Waals surface area (Å²) in [6, 6.07) is 0. The second kappa shape index (κ2) is 7.66. The molecule has 2 nitrogen and oxygen atoms in total. The van der Waals surface area contributed by atoms with Crippen molar-refractivity contribution in [3.05, 3.63) is 0 Å². The largest absolute Gasteiger partial charge is 0.376 e. The van der Waals surface area contributed by atoms with Gasteiger partial charge in [-0.1, -0.05) is 0 Å². The molecule has 0 atom stereocenters. The van der Waals surface area contributed by atoms with Crippen LogP contribution in [0.5, 0.6) is 0 Å². The Balaban J connectivity index is 0. The third kappa shape index (κ3) is 8.93. The van der Waals surface area contributed by atoms with E-state index in [0.717, 1.165) is 24.2 Å². The second-order valence-electron chi connectivity index (χ2n) is 3.17. The summed E-state index contributed by atoms with van der Waals surface area (Å²) < 4.78 is 6.31. The van der Waals surface area contributed by atoms with Crippen molar-refractivity contribution in [3.63, 3.8) is 0 Å². The van der Waals surface area contributed by atoms with Gasteiger partial charge in [0, 0.05) is 39.3 Å². The average molecular weight is 235 g/mol. The molecule has 0 saturated carbocycles. The van der Waals surface area contributed by atoms with E-state index in [1.54, 1.807) is 0 Å². The summed E-state index contributed by atoms with van der Waals surface area (Å²) in [5.41, 5.74) is 0. The van der Waals surface area contributed by atoms with Crippen LogP contribution in [0.3, 0.4) is 0 Å². The fraction of sp³-hybridized carbons (Fsp3) is 1.00. The first-order valence-electron chi connectivity index (χ1n) is 4.02. The van der Waals surface area contributed by atoms with Gasteiger partial charge in [-0.2, -0.15) is 0 Å². The molecule has 0 saturated heterocycles. The summed E-state index contributed by atoms with van der Waals surface area (Å²) in [5, 5.41) is 0. The maximum atomic E-state index is 5.26. The SMILES string of the molecule is CCOCC[N+](C)(C)CC.[Y]. The second-order valence-corrected chi connectivity index (χ2v) is 3.17. The number of nitrogens with zero attached hydrogens (tertiary/aromatic N) is 1. The van der Waals surface area contributed by atoms with Gasteiger partial charge < -0.3 is 9.22 Å². The van der Waals surface area contributed by atoms with Gasteiger partial charge in [0.2, 0.25) is 0 Å². The molecule has 0 aliphatic rings. The van der Waals surface area contributed by atoms with Gasteiger partial charge in [-0.15, -0.1) is 0 Å². The van der Waals surface area contributed by atoms with E-state index in [9.17, 15) is 0 Å². The first-order valence-corrected chi connectivity index (χ1v) is 4.02. The van der Waals surface area contributed by atoms with E-state index < -0.39 is 0 Å². The minimum absolute atomic E-state index is 0. The fourth-order valence-corrected chi connectivity index (χ4v) is 0.614. The van der Waals surface area contributed by atoms with Crippen LogP contribution < -0.4 is 0 Å². The van der Waals surface area contributed by atoms with Crippen molar-refractivity contribution >= 4 is 0 Å². The van der Waals surface area contributed by atoms with Crippen LogP contribution >= 0.6 is 0 Å². The Bertz CT molecular complexity index is 86.2. The monoisotopic (exact) mass is 235 g/mol. The van der Waals surface area contributed by atoms with Crippen molar-refractivity contribution < 1.29 is 41.9 Å². The van der Waals surface area contributed by atoms with Crippen LogP contribution in [0.4, 0.5) is 0 Å². The summed E-state index contributed by atoms with van der Waals surface area (Å²) >= 11 is 0. The molecule has 0 aromatic carbocycles. The minimum Gasteiger partial charge on any atom is -0.376 e. The van der Waals surface area contributed by atoms with Gasteiger partial charge in [-0.25, -0.2) is 0 Å². The Morgan fingerprint density at radius 2 is 1.73 bits per heavy atom. The van der Waals surface area contributed by atoms with Gasteiger partial charge in [0.05, 0.1) is 27.2 Å². The fourth-order valence-electron chi connectivity index (χ4n) is 0.614. The van der Waals surface area contributed by atoms with Crippen molar-refractivity contribution in [1.29, 1.82) is 0 Å². The van der Waals surface area contributed by atoms with Gasteiger partial charge in [0.1, 0.15) is 6.54 Å². The zero-order chi connectivity index (χ0) is 8.04. The van der Waals surface area contributed by atoms with E-state index in [2.05, 4.69) is 21.0 Å². The topological polar surface area (TPSA) is 9.23 Å². The molecule has 1 radical (unpaired) electrons. The first-order chi connectivity index (χ1) is 4.62. The summed E-state index contributed by atoms with van der Waals surface area (Å²) in [6.45, 7) is 8.25. The van der Waals surface area contributed by atoms with Crippen LogP contribution in [-0.2, 0) is 37.4 Å². The molecule has 0 aliphatic heterocycles. The van der Waals surface area contributed by atoms with E-state index in [4.69, 9.17) is 4.74 Å². The van der Waals surface area contributed by atoms with Crippen LogP contribution in [0.1, 0.15) is 13.8 Å². The smallest absolute Gasteiger partial charge is 0.102 e. The van der Waals surface area contributed by atoms with Crippen LogP contribution in [0.25, 0.3) is 0 Å². The molecule has 0 unspecified atom stereocenters. The van der Waals surface area contributed by atoms with Crippen LogP contribution in [0.15, 0.2) is 0 Å². The zero-order valence-electron chi connectivity index (χ0n) is 8.26. The van der Waals surface area contributed by atoms with E-state index >= 15 is 0 Å². The molecule has 0 bridgehead atoms. The number of hydrogen-bond acceptors (Lipinski definition) is 1. The van der Waals surface area contributed by atoms with E-state index in [1.807, 2.05) is 6.92 Å². The van der Waals surface area contributed by atoms with Crippen molar-refractivity contribution in [2.24, 2.45) is 0 Å². The summed E-state index contributed by atoms with van der Waals surface area (Å²) in [5.74, 6) is 0. The number of hydrogen-bond donors (Lipinski definition) is 0. The van der Waals surface area contributed by atoms with Crippen LogP contribution in [-0.4, -0.2) is 44.9 Å². The molecule has 3 heteroatoms. The zero-order valence-corrected chi connectivity index (χ0v) is 11.1. The molecule has 0 rings (SSSR count). The van der Waals surface area contributed by atoms with Crippen LogP contribution in [0, 0.1) is 0 Å². The summed E-state index contributed by atoms with van der Waals surface area (Å²) in [4.78, 5) is 0. The third-order valence-corrected chi connectivity index (χ3v) is 1.90. The minimum atomic E-state index is 0. The molecule has 0 aliphatic carbocycles. The molecule has 0 amide bonds. The number of likely N-dealkylation sites (N-methyl/N-ethyl adjacent to an activating group) is 1. The van der Waals surface area contributed by atoms with Gasteiger partial charge in [0.25, 0.3) is 0 Å². The molecule has 11 heavy (non-hydrogen) atoms. The molecule has 65 valence electrons. The van der Waals surface area contributed by atoms with Crippen molar-refractivity contribution in [2.45, 2.75) is 13.8 Å². The maximum Gasteiger partial charge on any atom is 0.102 e. The van der Waals surface area contributed by atoms with E-state index in [0.29, 0.717) is 0 Å². The predicted molar refractivity (Wildman–Crippen MR) is 44.0 cm³/mol. The molecular formula is C8H20NOY+. The predicted octanol–water partition coefficient (Wildman–Crippen LogP) is 1.12. The standard InChI is InChI=1S/C8H20NO.Y/c1-5-9(3,4)7-8-10-6-2;/h5-8H2,1-4H3;/q+1;. The molecule has 0 heterocycles. The normalized spacial score (nSPS) is 10.9. The van der Waals surface area contributed by atoms with Gasteiger partial charge in [-0.05, 0) is 13.8 Å². The maximum absolute atomic E-state index is 5.26. The number of quaternary nitrogens is 1. The molecule has 0 aromatic heterocycles.